The first-order chi connectivity index (χ1) is 4.97. The predicted molar refractivity (Wildman–Crippen MR) is 32.3 cm³/mol. The fourth-order valence-corrected chi connectivity index (χ4v) is 1.51. The Hall–Kier alpha value is -0.510. The van der Waals surface area contributed by atoms with Gasteiger partial charge in [-0.1, -0.05) is 12.2 Å². The lowest BCUT2D eigenvalue weighted by Gasteiger charge is -2.22. The van der Waals surface area contributed by atoms with Crippen LogP contribution in [0.2, 0.25) is 0 Å². The first kappa shape index (κ1) is 7.16. The zero-order chi connectivity index (χ0) is 8.28. The van der Waals surface area contributed by atoms with Crippen LogP contribution in [0.1, 0.15) is 6.92 Å². The topological polar surface area (TPSA) is 9.23 Å². The summed E-state index contributed by atoms with van der Waals surface area (Å²) in [5.41, 5.74) is -1.39. The summed E-state index contributed by atoms with van der Waals surface area (Å²) in [6.07, 6.45) is -0.983. The molecule has 1 saturated heterocycles. The van der Waals surface area contributed by atoms with Gasteiger partial charge in [0.15, 0.2) is 6.17 Å². The predicted octanol–water partition coefficient (Wildman–Crippen LogP) is 1.69. The average Bonchev–Trinajstić information content (AvgIpc) is 2.36. The molecule has 1 nitrogen and oxygen atoms in total. The summed E-state index contributed by atoms with van der Waals surface area (Å²) in [5.74, 6) is -3.34. The van der Waals surface area contributed by atoms with Crippen molar-refractivity contribution in [3.63, 3.8) is 0 Å². The molecule has 3 atom stereocenters. The summed E-state index contributed by atoms with van der Waals surface area (Å²) in [6.45, 7) is 1.33. The van der Waals surface area contributed by atoms with E-state index in [4.69, 9.17) is 4.74 Å². The van der Waals surface area contributed by atoms with E-state index in [-0.39, 0.29) is 0 Å². The van der Waals surface area contributed by atoms with Crippen LogP contribution in [0.25, 0.3) is 0 Å². The summed E-state index contributed by atoms with van der Waals surface area (Å²) >= 11 is 0. The number of halogens is 3. The van der Waals surface area contributed by atoms with E-state index in [9.17, 15) is 13.2 Å². The van der Waals surface area contributed by atoms with Crippen LogP contribution in [0.4, 0.5) is 13.2 Å². The average molecular weight is 164 g/mol. The van der Waals surface area contributed by atoms with Crippen molar-refractivity contribution in [2.45, 2.75) is 30.7 Å². The number of alkyl halides is 3. The van der Waals surface area contributed by atoms with Crippen LogP contribution in [-0.2, 0) is 4.74 Å². The fourth-order valence-electron chi connectivity index (χ4n) is 1.51. The molecule has 0 N–H and O–H groups in total. The van der Waals surface area contributed by atoms with Crippen molar-refractivity contribution in [1.82, 2.24) is 0 Å². The molecule has 2 rings (SSSR count). The van der Waals surface area contributed by atoms with E-state index in [0.29, 0.717) is 0 Å². The Morgan fingerprint density at radius 1 is 1.45 bits per heavy atom. The van der Waals surface area contributed by atoms with Gasteiger partial charge in [0.05, 0.1) is 0 Å². The van der Waals surface area contributed by atoms with Gasteiger partial charge in [-0.05, 0) is 6.92 Å². The maximum absolute atomic E-state index is 12.9. The highest BCUT2D eigenvalue weighted by atomic mass is 19.3. The maximum atomic E-state index is 12.9. The van der Waals surface area contributed by atoms with Gasteiger partial charge in [-0.3, -0.25) is 0 Å². The van der Waals surface area contributed by atoms with Crippen LogP contribution in [0.5, 0.6) is 0 Å². The Balaban J connectivity index is 2.43. The van der Waals surface area contributed by atoms with E-state index in [0.717, 1.165) is 0 Å². The van der Waals surface area contributed by atoms with Crippen molar-refractivity contribution in [2.75, 3.05) is 0 Å². The molecule has 0 unspecified atom stereocenters. The molecule has 2 bridgehead atoms. The molecule has 2 aliphatic heterocycles. The van der Waals surface area contributed by atoms with Crippen molar-refractivity contribution in [1.29, 1.82) is 0 Å². The second-order valence-corrected chi connectivity index (χ2v) is 3.12. The number of fused-ring (bicyclic) bond motifs is 2. The summed E-state index contributed by atoms with van der Waals surface area (Å²) in [4.78, 5) is 0. The monoisotopic (exact) mass is 164 g/mol. The molecule has 2 heterocycles. The number of hydrogen-bond acceptors (Lipinski definition) is 1. The van der Waals surface area contributed by atoms with Crippen LogP contribution in [0, 0.1) is 0 Å². The van der Waals surface area contributed by atoms with Gasteiger partial charge in [0, 0.05) is 0 Å². The highest BCUT2D eigenvalue weighted by Crippen LogP contribution is 2.49. The van der Waals surface area contributed by atoms with Crippen LogP contribution >= 0.6 is 0 Å². The molecule has 62 valence electrons. The van der Waals surface area contributed by atoms with Crippen molar-refractivity contribution < 1.29 is 17.9 Å². The lowest BCUT2D eigenvalue weighted by atomic mass is 9.92. The van der Waals surface area contributed by atoms with Crippen molar-refractivity contribution >= 4 is 0 Å². The van der Waals surface area contributed by atoms with E-state index >= 15 is 0 Å². The molecule has 0 aromatic heterocycles. The van der Waals surface area contributed by atoms with E-state index in [1.54, 1.807) is 0 Å². The molecular weight excluding hydrogens is 157 g/mol. The molecule has 0 amide bonds. The van der Waals surface area contributed by atoms with Gasteiger partial charge in [0.1, 0.15) is 11.7 Å². The van der Waals surface area contributed by atoms with Crippen molar-refractivity contribution in [3.05, 3.63) is 12.2 Å². The molecule has 0 aromatic rings. The van der Waals surface area contributed by atoms with Gasteiger partial charge < -0.3 is 4.74 Å². The van der Waals surface area contributed by atoms with E-state index in [1.807, 2.05) is 0 Å². The molecule has 11 heavy (non-hydrogen) atoms. The summed E-state index contributed by atoms with van der Waals surface area (Å²) in [5, 5.41) is 0. The molecule has 0 aliphatic carbocycles. The van der Waals surface area contributed by atoms with E-state index in [2.05, 4.69) is 0 Å². The molecule has 1 fully saturated rings. The third kappa shape index (κ3) is 0.656. The van der Waals surface area contributed by atoms with Crippen molar-refractivity contribution in [3.8, 4) is 0 Å². The van der Waals surface area contributed by atoms with Gasteiger partial charge in [0.25, 0.3) is 0 Å². The highest BCUT2D eigenvalue weighted by Gasteiger charge is 2.66. The first-order valence-corrected chi connectivity index (χ1v) is 3.36. The molecule has 4 heteroatoms. The van der Waals surface area contributed by atoms with Crippen LogP contribution in [0.15, 0.2) is 12.2 Å². The normalized spacial score (nSPS) is 52.0. The highest BCUT2D eigenvalue weighted by molar-refractivity contribution is 5.25. The van der Waals surface area contributed by atoms with Crippen LogP contribution in [-0.4, -0.2) is 23.8 Å². The third-order valence-electron chi connectivity index (χ3n) is 2.20. The largest absolute Gasteiger partial charge is 0.354 e. The van der Waals surface area contributed by atoms with Gasteiger partial charge in [0.2, 0.25) is 0 Å². The Morgan fingerprint density at radius 3 is 2.36 bits per heavy atom. The van der Waals surface area contributed by atoms with Crippen LogP contribution in [0.3, 0.4) is 0 Å². The van der Waals surface area contributed by atoms with Gasteiger partial charge in [-0.2, -0.15) is 8.78 Å². The van der Waals surface area contributed by atoms with E-state index in [1.165, 1.54) is 19.1 Å². The third-order valence-corrected chi connectivity index (χ3v) is 2.20. The number of hydrogen-bond donors (Lipinski definition) is 0. The van der Waals surface area contributed by atoms with Crippen LogP contribution < -0.4 is 0 Å². The molecule has 0 aromatic carbocycles. The van der Waals surface area contributed by atoms with E-state index < -0.39 is 23.8 Å². The minimum Gasteiger partial charge on any atom is -0.354 e. The minimum atomic E-state index is -3.34. The van der Waals surface area contributed by atoms with Crippen molar-refractivity contribution in [2.24, 2.45) is 0 Å². The number of ether oxygens (including phenoxy) is 1. The quantitative estimate of drug-likeness (QED) is 0.495. The second kappa shape index (κ2) is 1.63. The molecule has 2 aliphatic rings. The minimum absolute atomic E-state index is 1.22. The lowest BCUT2D eigenvalue weighted by molar-refractivity contribution is -0.0741. The standard InChI is InChI=1S/C7H7F3O/c1-6-3-2-4(11-6)7(9,10)5(6)8/h2-5H,1H3/t4-,5-,6+/m1/s1. The fraction of sp³-hybridized carbons (Fsp3) is 0.714. The Bertz CT molecular complexity index is 226. The zero-order valence-electron chi connectivity index (χ0n) is 5.85. The molecule has 0 spiro atoms. The van der Waals surface area contributed by atoms with Gasteiger partial charge in [-0.15, -0.1) is 0 Å². The maximum Gasteiger partial charge on any atom is 0.310 e. The SMILES string of the molecule is C[C@@]12C=C[C@@H](O1)C(F)(F)[C@@H]2F. The molecular formula is C7H7F3O. The first-order valence-electron chi connectivity index (χ1n) is 3.36. The molecule has 0 saturated carbocycles. The summed E-state index contributed by atoms with van der Waals surface area (Å²) in [6, 6.07) is 0. The summed E-state index contributed by atoms with van der Waals surface area (Å²) in [7, 11) is 0. The van der Waals surface area contributed by atoms with Gasteiger partial charge in [-0.25, -0.2) is 4.39 Å². The Morgan fingerprint density at radius 2 is 2.09 bits per heavy atom. The van der Waals surface area contributed by atoms with Gasteiger partial charge >= 0.3 is 5.92 Å². The smallest absolute Gasteiger partial charge is 0.310 e. The zero-order valence-corrected chi connectivity index (χ0v) is 5.85. The number of rotatable bonds is 0. The second-order valence-electron chi connectivity index (χ2n) is 3.12. The Labute approximate surface area is 61.8 Å². The lowest BCUT2D eigenvalue weighted by Crippen LogP contribution is -2.42. The summed E-state index contributed by atoms with van der Waals surface area (Å²) < 4.78 is 43.1. The Kier molecular flexibility index (Phi) is 1.06. The molecule has 0 radical (unpaired) electrons.